The average molecular weight is 281 g/mol. The normalized spacial score (nSPS) is 19.0. The van der Waals surface area contributed by atoms with Gasteiger partial charge >= 0.3 is 5.69 Å². The summed E-state index contributed by atoms with van der Waals surface area (Å²) in [6, 6.07) is -0.446. The molecule has 2 heterocycles. The molecule has 0 aromatic carbocycles. The zero-order valence-electron chi connectivity index (χ0n) is 11.8. The van der Waals surface area contributed by atoms with E-state index in [-0.39, 0.29) is 17.5 Å². The standard InChI is InChI=1S/C12H19N5O3/c1-7(2)9-10(17(19)20)11(16(3)15-9)14-8-5-4-6-13-12(8)18/h7-8,14H,4-6H2,1-3H3,(H,13,18). The van der Waals surface area contributed by atoms with Crippen LogP contribution in [0.25, 0.3) is 0 Å². The lowest BCUT2D eigenvalue weighted by Gasteiger charge is -2.23. The maximum absolute atomic E-state index is 11.8. The summed E-state index contributed by atoms with van der Waals surface area (Å²) in [4.78, 5) is 22.6. The van der Waals surface area contributed by atoms with Crippen molar-refractivity contribution in [2.45, 2.75) is 38.6 Å². The average Bonchev–Trinajstić information content (AvgIpc) is 2.70. The van der Waals surface area contributed by atoms with Gasteiger partial charge in [-0.05, 0) is 12.8 Å². The van der Waals surface area contributed by atoms with E-state index in [2.05, 4.69) is 15.7 Å². The van der Waals surface area contributed by atoms with Crippen molar-refractivity contribution >= 4 is 17.4 Å². The number of nitro groups is 1. The molecule has 1 aliphatic heterocycles. The van der Waals surface area contributed by atoms with E-state index in [4.69, 9.17) is 0 Å². The van der Waals surface area contributed by atoms with E-state index in [1.54, 1.807) is 7.05 Å². The van der Waals surface area contributed by atoms with Gasteiger partial charge in [0.05, 0.1) is 4.92 Å². The summed E-state index contributed by atoms with van der Waals surface area (Å²) in [5, 5.41) is 21.2. The Kier molecular flexibility index (Phi) is 3.91. The monoisotopic (exact) mass is 281 g/mol. The van der Waals surface area contributed by atoms with E-state index in [1.807, 2.05) is 13.8 Å². The molecule has 20 heavy (non-hydrogen) atoms. The van der Waals surface area contributed by atoms with Gasteiger partial charge in [0.25, 0.3) is 0 Å². The van der Waals surface area contributed by atoms with Gasteiger partial charge < -0.3 is 10.6 Å². The first-order valence-electron chi connectivity index (χ1n) is 6.67. The Morgan fingerprint density at radius 1 is 1.55 bits per heavy atom. The molecular weight excluding hydrogens is 262 g/mol. The van der Waals surface area contributed by atoms with Gasteiger partial charge in [0.1, 0.15) is 11.7 Å². The first-order chi connectivity index (χ1) is 9.41. The van der Waals surface area contributed by atoms with Crippen molar-refractivity contribution in [2.75, 3.05) is 11.9 Å². The first kappa shape index (κ1) is 14.3. The third-order valence-corrected chi connectivity index (χ3v) is 3.37. The molecule has 1 atom stereocenters. The van der Waals surface area contributed by atoms with Gasteiger partial charge in [-0.2, -0.15) is 5.10 Å². The molecule has 1 aromatic rings. The summed E-state index contributed by atoms with van der Waals surface area (Å²) < 4.78 is 1.44. The Labute approximate surface area is 116 Å². The number of carbonyl (C=O) groups is 1. The fourth-order valence-electron chi connectivity index (χ4n) is 2.34. The highest BCUT2D eigenvalue weighted by Gasteiger charge is 2.32. The van der Waals surface area contributed by atoms with E-state index in [0.717, 1.165) is 6.42 Å². The smallest absolute Gasteiger partial charge is 0.334 e. The quantitative estimate of drug-likeness (QED) is 0.636. The predicted molar refractivity (Wildman–Crippen MR) is 73.6 cm³/mol. The van der Waals surface area contributed by atoms with Gasteiger partial charge in [0.2, 0.25) is 11.7 Å². The van der Waals surface area contributed by atoms with Crippen molar-refractivity contribution in [1.29, 1.82) is 0 Å². The second-order valence-corrected chi connectivity index (χ2v) is 5.25. The van der Waals surface area contributed by atoms with Gasteiger partial charge in [-0.1, -0.05) is 13.8 Å². The number of nitrogens with zero attached hydrogens (tertiary/aromatic N) is 3. The molecule has 0 aliphatic carbocycles. The zero-order valence-corrected chi connectivity index (χ0v) is 11.8. The number of rotatable bonds is 4. The predicted octanol–water partition coefficient (Wildman–Crippen LogP) is 1.14. The third kappa shape index (κ3) is 2.59. The van der Waals surface area contributed by atoms with Crippen molar-refractivity contribution in [3.05, 3.63) is 15.8 Å². The molecule has 8 heteroatoms. The van der Waals surface area contributed by atoms with Crippen molar-refractivity contribution < 1.29 is 9.72 Å². The maximum atomic E-state index is 11.8. The summed E-state index contributed by atoms with van der Waals surface area (Å²) in [7, 11) is 1.64. The van der Waals surface area contributed by atoms with E-state index in [0.29, 0.717) is 24.5 Å². The lowest BCUT2D eigenvalue weighted by molar-refractivity contribution is -0.384. The molecule has 1 fully saturated rings. The summed E-state index contributed by atoms with van der Waals surface area (Å²) >= 11 is 0. The van der Waals surface area contributed by atoms with Crippen LogP contribution in [-0.2, 0) is 11.8 Å². The molecular formula is C12H19N5O3. The Morgan fingerprint density at radius 3 is 2.80 bits per heavy atom. The Morgan fingerprint density at radius 2 is 2.25 bits per heavy atom. The molecule has 0 radical (unpaired) electrons. The van der Waals surface area contributed by atoms with Crippen LogP contribution in [0.2, 0.25) is 0 Å². The van der Waals surface area contributed by atoms with Crippen LogP contribution in [0.15, 0.2) is 0 Å². The van der Waals surface area contributed by atoms with Crippen LogP contribution in [0.4, 0.5) is 11.5 Å². The summed E-state index contributed by atoms with van der Waals surface area (Å²) in [5.41, 5.74) is 0.386. The lowest BCUT2D eigenvalue weighted by Crippen LogP contribution is -2.44. The van der Waals surface area contributed by atoms with Gasteiger partial charge in [-0.15, -0.1) is 0 Å². The molecule has 8 nitrogen and oxygen atoms in total. The number of amides is 1. The molecule has 1 aromatic heterocycles. The highest BCUT2D eigenvalue weighted by molar-refractivity contribution is 5.85. The third-order valence-electron chi connectivity index (χ3n) is 3.37. The summed E-state index contributed by atoms with van der Waals surface area (Å²) in [5.74, 6) is 0.107. The van der Waals surface area contributed by atoms with E-state index in [9.17, 15) is 14.9 Å². The van der Waals surface area contributed by atoms with Gasteiger partial charge in [-0.25, -0.2) is 4.68 Å². The van der Waals surface area contributed by atoms with Crippen molar-refractivity contribution in [2.24, 2.45) is 7.05 Å². The number of nitrogens with one attached hydrogen (secondary N) is 2. The molecule has 1 unspecified atom stereocenters. The Bertz CT molecular complexity index is 537. The van der Waals surface area contributed by atoms with Crippen molar-refractivity contribution in [3.8, 4) is 0 Å². The highest BCUT2D eigenvalue weighted by atomic mass is 16.6. The Hall–Kier alpha value is -2.12. The minimum atomic E-state index is -0.446. The maximum Gasteiger partial charge on any atom is 0.334 e. The number of carbonyl (C=O) groups excluding carboxylic acids is 1. The number of hydrogen-bond acceptors (Lipinski definition) is 5. The lowest BCUT2D eigenvalue weighted by atomic mass is 10.1. The highest BCUT2D eigenvalue weighted by Crippen LogP contribution is 2.33. The van der Waals surface area contributed by atoms with Crippen molar-refractivity contribution in [3.63, 3.8) is 0 Å². The van der Waals surface area contributed by atoms with Crippen LogP contribution >= 0.6 is 0 Å². The van der Waals surface area contributed by atoms with Gasteiger partial charge in [0.15, 0.2) is 0 Å². The number of aromatic nitrogens is 2. The molecule has 0 saturated carbocycles. The van der Waals surface area contributed by atoms with Crippen LogP contribution in [0.3, 0.4) is 0 Å². The second-order valence-electron chi connectivity index (χ2n) is 5.25. The van der Waals surface area contributed by atoms with E-state index >= 15 is 0 Å². The van der Waals surface area contributed by atoms with E-state index in [1.165, 1.54) is 4.68 Å². The number of anilines is 1. The fraction of sp³-hybridized carbons (Fsp3) is 0.667. The molecule has 110 valence electrons. The molecule has 1 amide bonds. The molecule has 0 spiro atoms. The summed E-state index contributed by atoms with van der Waals surface area (Å²) in [6.07, 6.45) is 1.51. The summed E-state index contributed by atoms with van der Waals surface area (Å²) in [6.45, 7) is 4.36. The van der Waals surface area contributed by atoms with Gasteiger partial charge in [0, 0.05) is 19.5 Å². The van der Waals surface area contributed by atoms with Crippen LogP contribution in [0, 0.1) is 10.1 Å². The van der Waals surface area contributed by atoms with Crippen molar-refractivity contribution in [1.82, 2.24) is 15.1 Å². The molecule has 1 aliphatic rings. The van der Waals surface area contributed by atoms with Crippen LogP contribution in [-0.4, -0.2) is 33.2 Å². The molecule has 1 saturated heterocycles. The largest absolute Gasteiger partial charge is 0.354 e. The van der Waals surface area contributed by atoms with Gasteiger partial charge in [-0.3, -0.25) is 14.9 Å². The minimum absolute atomic E-state index is 0.0409. The zero-order chi connectivity index (χ0) is 14.9. The second kappa shape index (κ2) is 5.48. The van der Waals surface area contributed by atoms with Crippen LogP contribution < -0.4 is 10.6 Å². The molecule has 0 bridgehead atoms. The topological polar surface area (TPSA) is 102 Å². The number of aryl methyl sites for hydroxylation is 1. The minimum Gasteiger partial charge on any atom is -0.354 e. The van der Waals surface area contributed by atoms with E-state index < -0.39 is 11.0 Å². The van der Waals surface area contributed by atoms with Crippen LogP contribution in [0.5, 0.6) is 0 Å². The SMILES string of the molecule is CC(C)c1nn(C)c(NC2CCCNC2=O)c1[N+](=O)[O-]. The number of piperidine rings is 1. The number of hydrogen-bond donors (Lipinski definition) is 2. The molecule has 2 N–H and O–H groups in total. The Balaban J connectivity index is 2.35. The molecule has 2 rings (SSSR count). The fourth-order valence-corrected chi connectivity index (χ4v) is 2.34. The van der Waals surface area contributed by atoms with Crippen LogP contribution in [0.1, 0.15) is 38.3 Å². The first-order valence-corrected chi connectivity index (χ1v) is 6.67.